The number of halogens is 3. The molecule has 0 radical (unpaired) electrons. The van der Waals surface area contributed by atoms with E-state index in [9.17, 15) is 18.4 Å². The zero-order valence-electron chi connectivity index (χ0n) is 13.1. The molecule has 25 heavy (non-hydrogen) atoms. The molecule has 0 saturated carbocycles. The van der Waals surface area contributed by atoms with Crippen molar-refractivity contribution in [1.82, 2.24) is 10.2 Å². The Morgan fingerprint density at radius 1 is 1.20 bits per heavy atom. The van der Waals surface area contributed by atoms with Crippen LogP contribution < -0.4 is 5.32 Å². The molecule has 1 N–H and O–H groups in total. The van der Waals surface area contributed by atoms with Gasteiger partial charge in [-0.25, -0.2) is 8.78 Å². The number of carbonyl (C=O) groups is 2. The summed E-state index contributed by atoms with van der Waals surface area (Å²) in [6.07, 6.45) is 0.143. The highest BCUT2D eigenvalue weighted by Gasteiger charge is 2.30. The van der Waals surface area contributed by atoms with Gasteiger partial charge in [0.15, 0.2) is 0 Å². The van der Waals surface area contributed by atoms with E-state index >= 15 is 0 Å². The Hall–Kier alpha value is -2.47. The first-order valence-corrected chi connectivity index (χ1v) is 8.07. The van der Waals surface area contributed by atoms with E-state index in [1.54, 1.807) is 17.0 Å². The molecule has 0 bridgehead atoms. The van der Waals surface area contributed by atoms with E-state index in [1.807, 2.05) is 0 Å². The summed E-state index contributed by atoms with van der Waals surface area (Å²) in [7, 11) is 0. The zero-order chi connectivity index (χ0) is 18.0. The largest absolute Gasteiger partial charge is 0.347 e. The van der Waals surface area contributed by atoms with E-state index < -0.39 is 17.8 Å². The molecule has 1 aliphatic heterocycles. The van der Waals surface area contributed by atoms with Gasteiger partial charge in [-0.2, -0.15) is 0 Å². The van der Waals surface area contributed by atoms with Crippen molar-refractivity contribution in [3.63, 3.8) is 0 Å². The third-order valence-electron chi connectivity index (χ3n) is 3.94. The zero-order valence-corrected chi connectivity index (χ0v) is 13.9. The first-order chi connectivity index (χ1) is 11.9. The van der Waals surface area contributed by atoms with Gasteiger partial charge in [0.1, 0.15) is 11.6 Å². The normalized spacial score (nSPS) is 17.0. The second-order valence-electron chi connectivity index (χ2n) is 5.94. The number of nitrogens with zero attached hydrogens (tertiary/aromatic N) is 1. The van der Waals surface area contributed by atoms with Crippen LogP contribution in [0.5, 0.6) is 0 Å². The van der Waals surface area contributed by atoms with Gasteiger partial charge in [-0.3, -0.25) is 9.59 Å². The second kappa shape index (κ2) is 7.19. The quantitative estimate of drug-likeness (QED) is 0.906. The van der Waals surface area contributed by atoms with Crippen LogP contribution in [-0.2, 0) is 11.3 Å². The van der Waals surface area contributed by atoms with Gasteiger partial charge >= 0.3 is 0 Å². The summed E-state index contributed by atoms with van der Waals surface area (Å²) < 4.78 is 26.6. The molecular weight excluding hydrogens is 350 g/mol. The van der Waals surface area contributed by atoms with Crippen LogP contribution in [0.3, 0.4) is 0 Å². The van der Waals surface area contributed by atoms with Crippen LogP contribution >= 0.6 is 11.6 Å². The van der Waals surface area contributed by atoms with E-state index in [-0.39, 0.29) is 35.3 Å². The van der Waals surface area contributed by atoms with Gasteiger partial charge in [0.25, 0.3) is 5.91 Å². The molecule has 1 heterocycles. The highest BCUT2D eigenvalue weighted by molar-refractivity contribution is 6.31. The first-order valence-electron chi connectivity index (χ1n) is 7.70. The third-order valence-corrected chi connectivity index (χ3v) is 4.16. The van der Waals surface area contributed by atoms with Crippen molar-refractivity contribution < 1.29 is 18.4 Å². The molecule has 1 atom stereocenters. The fourth-order valence-corrected chi connectivity index (χ4v) is 3.05. The van der Waals surface area contributed by atoms with E-state index in [0.29, 0.717) is 12.1 Å². The van der Waals surface area contributed by atoms with Gasteiger partial charge in [0.05, 0.1) is 6.04 Å². The standard InChI is InChI=1S/C18H15ClF2N2O2/c19-13-5-12(6-15(21)7-13)18(25)22-16-8-17(24)23(10-16)9-11-2-1-3-14(20)4-11/h1-7,16H,8-10H2,(H,22,25)/t16-/m1/s1. The summed E-state index contributed by atoms with van der Waals surface area (Å²) in [6, 6.07) is 9.18. The van der Waals surface area contributed by atoms with Crippen molar-refractivity contribution in [2.75, 3.05) is 6.54 Å². The molecule has 2 aromatic carbocycles. The number of rotatable bonds is 4. The minimum atomic E-state index is -0.604. The lowest BCUT2D eigenvalue weighted by atomic mass is 10.2. The molecule has 0 aliphatic carbocycles. The number of hydrogen-bond donors (Lipinski definition) is 1. The monoisotopic (exact) mass is 364 g/mol. The Morgan fingerprint density at radius 3 is 2.72 bits per heavy atom. The van der Waals surface area contributed by atoms with Crippen LogP contribution in [0.25, 0.3) is 0 Å². The number of hydrogen-bond acceptors (Lipinski definition) is 2. The Morgan fingerprint density at radius 2 is 2.00 bits per heavy atom. The number of amides is 2. The molecule has 0 spiro atoms. The average Bonchev–Trinajstić information content (AvgIpc) is 2.86. The van der Waals surface area contributed by atoms with Crippen molar-refractivity contribution in [2.45, 2.75) is 19.0 Å². The molecule has 1 saturated heterocycles. The predicted molar refractivity (Wildman–Crippen MR) is 89.1 cm³/mol. The molecule has 1 aliphatic rings. The van der Waals surface area contributed by atoms with Gasteiger partial charge < -0.3 is 10.2 Å². The smallest absolute Gasteiger partial charge is 0.251 e. The highest BCUT2D eigenvalue weighted by Crippen LogP contribution is 2.18. The first kappa shape index (κ1) is 17.4. The molecule has 2 amide bonds. The van der Waals surface area contributed by atoms with E-state index in [1.165, 1.54) is 18.2 Å². The van der Waals surface area contributed by atoms with Gasteiger partial charge in [-0.1, -0.05) is 23.7 Å². The van der Waals surface area contributed by atoms with Gasteiger partial charge in [-0.05, 0) is 35.9 Å². The Kier molecular flexibility index (Phi) is 4.99. The predicted octanol–water partition coefficient (Wildman–Crippen LogP) is 3.15. The summed E-state index contributed by atoms with van der Waals surface area (Å²) >= 11 is 5.75. The van der Waals surface area contributed by atoms with Crippen molar-refractivity contribution in [2.24, 2.45) is 0 Å². The lowest BCUT2D eigenvalue weighted by Crippen LogP contribution is -2.37. The maximum atomic E-state index is 13.3. The number of carbonyl (C=O) groups excluding carboxylic acids is 2. The van der Waals surface area contributed by atoms with Crippen LogP contribution in [0.2, 0.25) is 5.02 Å². The number of benzene rings is 2. The minimum absolute atomic E-state index is 0.0982. The number of likely N-dealkylation sites (tertiary alicyclic amines) is 1. The maximum absolute atomic E-state index is 13.3. The minimum Gasteiger partial charge on any atom is -0.347 e. The topological polar surface area (TPSA) is 49.4 Å². The lowest BCUT2D eigenvalue weighted by molar-refractivity contribution is -0.128. The fraction of sp³-hybridized carbons (Fsp3) is 0.222. The Balaban J connectivity index is 1.63. The molecule has 3 rings (SSSR count). The van der Waals surface area contributed by atoms with Gasteiger partial charge in [0, 0.05) is 30.1 Å². The van der Waals surface area contributed by atoms with Crippen molar-refractivity contribution in [3.8, 4) is 0 Å². The highest BCUT2D eigenvalue weighted by atomic mass is 35.5. The maximum Gasteiger partial charge on any atom is 0.251 e. The second-order valence-corrected chi connectivity index (χ2v) is 6.37. The molecule has 1 fully saturated rings. The van der Waals surface area contributed by atoms with Crippen molar-refractivity contribution >= 4 is 23.4 Å². The molecule has 4 nitrogen and oxygen atoms in total. The van der Waals surface area contributed by atoms with Crippen LogP contribution in [0.15, 0.2) is 42.5 Å². The van der Waals surface area contributed by atoms with Crippen LogP contribution in [0.1, 0.15) is 22.3 Å². The molecule has 0 unspecified atom stereocenters. The van der Waals surface area contributed by atoms with Crippen molar-refractivity contribution in [3.05, 3.63) is 70.2 Å². The lowest BCUT2D eigenvalue weighted by Gasteiger charge is -2.17. The summed E-state index contributed by atoms with van der Waals surface area (Å²) in [4.78, 5) is 25.9. The Labute approximate surface area is 148 Å². The summed E-state index contributed by atoms with van der Waals surface area (Å²) in [5.41, 5.74) is 0.776. The molecule has 0 aromatic heterocycles. The molecular formula is C18H15ClF2N2O2. The molecule has 130 valence electrons. The third kappa shape index (κ3) is 4.33. The van der Waals surface area contributed by atoms with E-state index in [2.05, 4.69) is 5.32 Å². The van der Waals surface area contributed by atoms with Gasteiger partial charge in [-0.15, -0.1) is 0 Å². The van der Waals surface area contributed by atoms with Crippen LogP contribution in [0.4, 0.5) is 8.78 Å². The summed E-state index contributed by atoms with van der Waals surface area (Å²) in [5.74, 6) is -1.59. The summed E-state index contributed by atoms with van der Waals surface area (Å²) in [6.45, 7) is 0.582. The Bertz CT molecular complexity index is 808. The molecule has 2 aromatic rings. The van der Waals surface area contributed by atoms with Crippen LogP contribution in [0, 0.1) is 11.6 Å². The average molecular weight is 365 g/mol. The van der Waals surface area contributed by atoms with Gasteiger partial charge in [0.2, 0.25) is 5.91 Å². The fourth-order valence-electron chi connectivity index (χ4n) is 2.83. The molecule has 7 heteroatoms. The summed E-state index contributed by atoms with van der Waals surface area (Å²) in [5, 5.41) is 2.83. The van der Waals surface area contributed by atoms with Crippen LogP contribution in [-0.4, -0.2) is 29.3 Å². The van der Waals surface area contributed by atoms with E-state index in [4.69, 9.17) is 11.6 Å². The van der Waals surface area contributed by atoms with Crippen molar-refractivity contribution in [1.29, 1.82) is 0 Å². The number of nitrogens with one attached hydrogen (secondary N) is 1. The SMILES string of the molecule is O=C(N[C@@H]1CC(=O)N(Cc2cccc(F)c2)C1)c1cc(F)cc(Cl)c1. The van der Waals surface area contributed by atoms with E-state index in [0.717, 1.165) is 12.1 Å².